The second-order valence-electron chi connectivity index (χ2n) is 8.25. The molecule has 0 heterocycles. The molecule has 0 atom stereocenters. The van der Waals surface area contributed by atoms with E-state index in [2.05, 4.69) is 49.1 Å². The predicted octanol–water partition coefficient (Wildman–Crippen LogP) is 7.31. The zero-order chi connectivity index (χ0) is 21.2. The molecule has 1 fully saturated rings. The van der Waals surface area contributed by atoms with Gasteiger partial charge in [-0.15, -0.1) is 0 Å². The largest absolute Gasteiger partial charge is 0.206 e. The van der Waals surface area contributed by atoms with Gasteiger partial charge in [-0.3, -0.25) is 0 Å². The average molecular weight is 400 g/mol. The van der Waals surface area contributed by atoms with Crippen LogP contribution < -0.4 is 0 Å². The first-order valence-corrected chi connectivity index (χ1v) is 11.2. The number of unbranched alkanes of at least 4 members (excludes halogenated alkanes) is 2. The molecule has 154 valence electrons. The molecule has 1 aliphatic rings. The summed E-state index contributed by atoms with van der Waals surface area (Å²) in [4.78, 5) is 0. The van der Waals surface area contributed by atoms with Crippen LogP contribution in [0.1, 0.15) is 80.0 Å². The van der Waals surface area contributed by atoms with Crippen LogP contribution in [0.15, 0.2) is 54.6 Å². The van der Waals surface area contributed by atoms with E-state index in [9.17, 15) is 4.39 Å². The Hall–Kier alpha value is -2.84. The molecular formula is C28H30FN. The molecule has 0 spiro atoms. The Morgan fingerprint density at radius 3 is 2.47 bits per heavy atom. The van der Waals surface area contributed by atoms with E-state index >= 15 is 0 Å². The molecule has 2 aromatic rings. The molecule has 0 aliphatic heterocycles. The minimum absolute atomic E-state index is 0.0546. The van der Waals surface area contributed by atoms with Crippen molar-refractivity contribution in [3.05, 3.63) is 82.7 Å². The normalized spacial score (nSPS) is 18.6. The molecule has 0 saturated heterocycles. The molecule has 2 heteroatoms. The maximum Gasteiger partial charge on any atom is 0.142 e. The van der Waals surface area contributed by atoms with Crippen molar-refractivity contribution >= 4 is 0 Å². The lowest BCUT2D eigenvalue weighted by Gasteiger charge is -2.27. The molecule has 0 aromatic heterocycles. The number of nitrogens with zero attached hydrogens (tertiary/aromatic N) is 1. The van der Waals surface area contributed by atoms with Crippen LogP contribution in [0, 0.1) is 34.9 Å². The topological polar surface area (TPSA) is 23.8 Å². The zero-order valence-electron chi connectivity index (χ0n) is 17.8. The van der Waals surface area contributed by atoms with Crippen LogP contribution >= 0.6 is 0 Å². The van der Waals surface area contributed by atoms with Crippen LogP contribution in [0.3, 0.4) is 0 Å². The minimum atomic E-state index is -0.513. The monoisotopic (exact) mass is 399 g/mol. The fourth-order valence-electron chi connectivity index (χ4n) is 4.17. The van der Waals surface area contributed by atoms with E-state index in [0.29, 0.717) is 17.4 Å². The van der Waals surface area contributed by atoms with Crippen LogP contribution in [0.2, 0.25) is 0 Å². The summed E-state index contributed by atoms with van der Waals surface area (Å²) in [6.07, 6.45) is 14.0. The van der Waals surface area contributed by atoms with Crippen LogP contribution in [0.5, 0.6) is 0 Å². The van der Waals surface area contributed by atoms with Crippen molar-refractivity contribution in [1.29, 1.82) is 5.26 Å². The highest BCUT2D eigenvalue weighted by molar-refractivity contribution is 5.42. The predicted molar refractivity (Wildman–Crippen MR) is 122 cm³/mol. The molecule has 0 unspecified atom stereocenters. The molecule has 30 heavy (non-hydrogen) atoms. The van der Waals surface area contributed by atoms with Crippen LogP contribution in [-0.2, 0) is 6.42 Å². The third-order valence-electron chi connectivity index (χ3n) is 6.05. The Balaban J connectivity index is 1.47. The molecule has 1 saturated carbocycles. The first-order valence-electron chi connectivity index (χ1n) is 11.2. The smallest absolute Gasteiger partial charge is 0.142 e. The summed E-state index contributed by atoms with van der Waals surface area (Å²) in [6, 6.07) is 15.6. The first-order chi connectivity index (χ1) is 14.7. The maximum absolute atomic E-state index is 13.6. The molecule has 0 N–H and O–H groups in total. The quantitative estimate of drug-likeness (QED) is 0.369. The van der Waals surface area contributed by atoms with Crippen molar-refractivity contribution in [1.82, 2.24) is 0 Å². The fourth-order valence-corrected chi connectivity index (χ4v) is 4.17. The third-order valence-corrected chi connectivity index (χ3v) is 6.05. The molecule has 0 amide bonds. The first kappa shape index (κ1) is 21.9. The van der Waals surface area contributed by atoms with Crippen molar-refractivity contribution < 1.29 is 4.39 Å². The molecule has 1 aliphatic carbocycles. The highest BCUT2D eigenvalue weighted by Crippen LogP contribution is 2.36. The van der Waals surface area contributed by atoms with E-state index in [1.165, 1.54) is 74.6 Å². The molecule has 0 radical (unpaired) electrons. The van der Waals surface area contributed by atoms with Crippen LogP contribution in [0.4, 0.5) is 4.39 Å². The fraction of sp³-hybridized carbons (Fsp3) is 0.393. The van der Waals surface area contributed by atoms with E-state index in [0.717, 1.165) is 0 Å². The SMILES string of the molecule is CCCCCc1ccc([C@H]2CC[C@H](C=CC#Cc3ccc(C#N)c(F)c3)CC2)cc1. The minimum Gasteiger partial charge on any atom is -0.206 e. The van der Waals surface area contributed by atoms with Gasteiger partial charge in [-0.05, 0) is 85.8 Å². The van der Waals surface area contributed by atoms with Crippen molar-refractivity contribution in [2.24, 2.45) is 5.92 Å². The summed E-state index contributed by atoms with van der Waals surface area (Å²) < 4.78 is 13.6. The van der Waals surface area contributed by atoms with E-state index in [4.69, 9.17) is 5.26 Å². The zero-order valence-corrected chi connectivity index (χ0v) is 17.8. The summed E-state index contributed by atoms with van der Waals surface area (Å²) in [5.74, 6) is 6.68. The summed E-state index contributed by atoms with van der Waals surface area (Å²) in [5.41, 5.74) is 3.60. The lowest BCUT2D eigenvalue weighted by atomic mass is 9.78. The Morgan fingerprint density at radius 1 is 1.03 bits per heavy atom. The number of allylic oxidation sites excluding steroid dienone is 2. The van der Waals surface area contributed by atoms with Gasteiger partial charge in [0.15, 0.2) is 0 Å². The average Bonchev–Trinajstić information content (AvgIpc) is 2.78. The Bertz CT molecular complexity index is 945. The Kier molecular flexibility index (Phi) is 8.29. The highest BCUT2D eigenvalue weighted by atomic mass is 19.1. The van der Waals surface area contributed by atoms with Gasteiger partial charge in [0, 0.05) is 5.56 Å². The van der Waals surface area contributed by atoms with Gasteiger partial charge in [0.1, 0.15) is 11.9 Å². The van der Waals surface area contributed by atoms with Crippen molar-refractivity contribution in [3.63, 3.8) is 0 Å². The van der Waals surface area contributed by atoms with Crippen molar-refractivity contribution in [2.45, 2.75) is 64.2 Å². The number of hydrogen-bond acceptors (Lipinski definition) is 1. The maximum atomic E-state index is 13.6. The second kappa shape index (κ2) is 11.4. The number of halogens is 1. The molecule has 0 bridgehead atoms. The lowest BCUT2D eigenvalue weighted by Crippen LogP contribution is -2.11. The molecule has 3 rings (SSSR count). The number of nitriles is 1. The third kappa shape index (κ3) is 6.33. The van der Waals surface area contributed by atoms with Crippen molar-refractivity contribution in [2.75, 3.05) is 0 Å². The van der Waals surface area contributed by atoms with E-state index < -0.39 is 5.82 Å². The number of benzene rings is 2. The van der Waals surface area contributed by atoms with Crippen LogP contribution in [-0.4, -0.2) is 0 Å². The number of aryl methyl sites for hydroxylation is 1. The Labute approximate surface area is 180 Å². The van der Waals surface area contributed by atoms with E-state index in [-0.39, 0.29) is 5.56 Å². The van der Waals surface area contributed by atoms with Gasteiger partial charge in [0.2, 0.25) is 0 Å². The van der Waals surface area contributed by atoms with Gasteiger partial charge in [-0.2, -0.15) is 5.26 Å². The van der Waals surface area contributed by atoms with Gasteiger partial charge < -0.3 is 0 Å². The number of hydrogen-bond donors (Lipinski definition) is 0. The summed E-state index contributed by atoms with van der Waals surface area (Å²) in [5, 5.41) is 8.77. The lowest BCUT2D eigenvalue weighted by molar-refractivity contribution is 0.376. The van der Waals surface area contributed by atoms with Crippen molar-refractivity contribution in [3.8, 4) is 17.9 Å². The molecule has 2 aromatic carbocycles. The van der Waals surface area contributed by atoms with Gasteiger partial charge in [-0.1, -0.05) is 61.9 Å². The summed E-state index contributed by atoms with van der Waals surface area (Å²) in [6.45, 7) is 2.25. The standard InChI is InChI=1S/C28H30FN/c1-2-3-4-7-22-10-15-25(16-11-22)26-17-12-23(13-18-26)8-5-6-9-24-14-19-27(21-30)28(29)20-24/h5,8,10-11,14-16,19-20,23,26H,2-4,7,12-13,17-18H2,1H3/t23-,26-. The summed E-state index contributed by atoms with van der Waals surface area (Å²) >= 11 is 0. The Morgan fingerprint density at radius 2 is 1.80 bits per heavy atom. The van der Waals surface area contributed by atoms with Gasteiger partial charge in [-0.25, -0.2) is 4.39 Å². The van der Waals surface area contributed by atoms with Gasteiger partial charge >= 0.3 is 0 Å². The molecule has 1 nitrogen and oxygen atoms in total. The van der Waals surface area contributed by atoms with Gasteiger partial charge in [0.25, 0.3) is 0 Å². The number of rotatable bonds is 6. The van der Waals surface area contributed by atoms with Gasteiger partial charge in [0.05, 0.1) is 5.56 Å². The molecular weight excluding hydrogens is 369 g/mol. The summed E-state index contributed by atoms with van der Waals surface area (Å²) in [7, 11) is 0. The van der Waals surface area contributed by atoms with E-state index in [1.807, 2.05) is 12.1 Å². The van der Waals surface area contributed by atoms with Crippen LogP contribution in [0.25, 0.3) is 0 Å². The second-order valence-corrected chi connectivity index (χ2v) is 8.25. The highest BCUT2D eigenvalue weighted by Gasteiger charge is 2.20. The van der Waals surface area contributed by atoms with E-state index in [1.54, 1.807) is 6.07 Å².